The lowest BCUT2D eigenvalue weighted by Crippen LogP contribution is -2.24. The average molecular weight is 289 g/mol. The minimum Gasteiger partial charge on any atom is -0.326 e. The Morgan fingerprint density at radius 3 is 2.61 bits per heavy atom. The Balaban J connectivity index is 2.33. The van der Waals surface area contributed by atoms with Crippen molar-refractivity contribution in [2.45, 2.75) is 32.7 Å². The van der Waals surface area contributed by atoms with Crippen molar-refractivity contribution in [2.75, 3.05) is 11.9 Å². The highest BCUT2D eigenvalue weighted by Gasteiger charge is 2.04. The number of nitrogens with one attached hydrogen (secondary N) is 2. The monoisotopic (exact) mass is 288 g/mol. The fourth-order valence-electron chi connectivity index (χ4n) is 1.44. The molecule has 0 saturated heterocycles. The summed E-state index contributed by atoms with van der Waals surface area (Å²) >= 11 is 11.7. The van der Waals surface area contributed by atoms with E-state index in [9.17, 15) is 4.79 Å². The molecule has 5 heteroatoms. The van der Waals surface area contributed by atoms with Gasteiger partial charge in [0.25, 0.3) is 0 Å². The third kappa shape index (κ3) is 5.71. The standard InChI is InChI=1S/C13H18Cl2N2O/c1-9(2)16-7-3-4-13(18)17-10-5-6-11(14)12(15)8-10/h5-6,8-9,16H,3-4,7H2,1-2H3,(H,17,18). The molecule has 1 aromatic carbocycles. The van der Waals surface area contributed by atoms with Crippen molar-refractivity contribution >= 4 is 34.8 Å². The molecule has 0 radical (unpaired) electrons. The number of benzene rings is 1. The molecule has 1 aromatic rings. The van der Waals surface area contributed by atoms with Crippen molar-refractivity contribution in [1.82, 2.24) is 5.32 Å². The Morgan fingerprint density at radius 2 is 2.00 bits per heavy atom. The molecule has 0 bridgehead atoms. The number of rotatable bonds is 6. The molecule has 0 aliphatic rings. The van der Waals surface area contributed by atoms with Crippen molar-refractivity contribution in [2.24, 2.45) is 0 Å². The molecule has 2 N–H and O–H groups in total. The van der Waals surface area contributed by atoms with Gasteiger partial charge in [0.15, 0.2) is 0 Å². The van der Waals surface area contributed by atoms with Crippen LogP contribution in [0.5, 0.6) is 0 Å². The summed E-state index contributed by atoms with van der Waals surface area (Å²) in [5, 5.41) is 6.97. The molecule has 0 fully saturated rings. The molecule has 18 heavy (non-hydrogen) atoms. The molecular weight excluding hydrogens is 271 g/mol. The summed E-state index contributed by atoms with van der Waals surface area (Å²) < 4.78 is 0. The van der Waals surface area contributed by atoms with Gasteiger partial charge in [-0.15, -0.1) is 0 Å². The van der Waals surface area contributed by atoms with Crippen LogP contribution in [0, 0.1) is 0 Å². The molecule has 1 rings (SSSR count). The van der Waals surface area contributed by atoms with Gasteiger partial charge in [-0.2, -0.15) is 0 Å². The van der Waals surface area contributed by atoms with Crippen molar-refractivity contribution in [1.29, 1.82) is 0 Å². The van der Waals surface area contributed by atoms with Crippen LogP contribution in [-0.4, -0.2) is 18.5 Å². The van der Waals surface area contributed by atoms with Crippen LogP contribution in [0.25, 0.3) is 0 Å². The van der Waals surface area contributed by atoms with Gasteiger partial charge in [-0.3, -0.25) is 4.79 Å². The van der Waals surface area contributed by atoms with Gasteiger partial charge < -0.3 is 10.6 Å². The number of carbonyl (C=O) groups is 1. The highest BCUT2D eigenvalue weighted by molar-refractivity contribution is 6.42. The van der Waals surface area contributed by atoms with E-state index in [4.69, 9.17) is 23.2 Å². The van der Waals surface area contributed by atoms with Crippen LogP contribution >= 0.6 is 23.2 Å². The normalized spacial score (nSPS) is 10.7. The summed E-state index contributed by atoms with van der Waals surface area (Å²) in [6, 6.07) is 5.50. The first kappa shape index (κ1) is 15.3. The van der Waals surface area contributed by atoms with Crippen LogP contribution in [0.2, 0.25) is 10.0 Å². The number of halogens is 2. The van der Waals surface area contributed by atoms with Gasteiger partial charge in [-0.25, -0.2) is 0 Å². The average Bonchev–Trinajstić information content (AvgIpc) is 2.29. The Morgan fingerprint density at radius 1 is 1.28 bits per heavy atom. The van der Waals surface area contributed by atoms with E-state index >= 15 is 0 Å². The van der Waals surface area contributed by atoms with Crippen LogP contribution in [0.4, 0.5) is 5.69 Å². The van der Waals surface area contributed by atoms with Crippen LogP contribution in [0.15, 0.2) is 18.2 Å². The van der Waals surface area contributed by atoms with Gasteiger partial charge in [-0.05, 0) is 31.2 Å². The van der Waals surface area contributed by atoms with Crippen LogP contribution in [-0.2, 0) is 4.79 Å². The van der Waals surface area contributed by atoms with E-state index in [2.05, 4.69) is 24.5 Å². The molecule has 0 aliphatic heterocycles. The summed E-state index contributed by atoms with van der Waals surface area (Å²) in [7, 11) is 0. The van der Waals surface area contributed by atoms with E-state index in [0.717, 1.165) is 13.0 Å². The second-order valence-corrected chi connectivity index (χ2v) is 5.20. The molecule has 0 aromatic heterocycles. The third-order valence-electron chi connectivity index (χ3n) is 2.34. The van der Waals surface area contributed by atoms with Crippen molar-refractivity contribution in [3.8, 4) is 0 Å². The minimum atomic E-state index is -0.0149. The molecule has 1 amide bonds. The zero-order valence-electron chi connectivity index (χ0n) is 10.6. The summed E-state index contributed by atoms with van der Waals surface area (Å²) in [6.07, 6.45) is 1.30. The third-order valence-corrected chi connectivity index (χ3v) is 3.08. The topological polar surface area (TPSA) is 41.1 Å². The number of carbonyl (C=O) groups excluding carboxylic acids is 1. The van der Waals surface area contributed by atoms with Crippen molar-refractivity contribution in [3.63, 3.8) is 0 Å². The second kappa shape index (κ2) is 7.62. The van der Waals surface area contributed by atoms with E-state index in [-0.39, 0.29) is 5.91 Å². The summed E-state index contributed by atoms with van der Waals surface area (Å²) in [4.78, 5) is 11.6. The maximum atomic E-state index is 11.6. The molecule has 3 nitrogen and oxygen atoms in total. The summed E-state index contributed by atoms with van der Waals surface area (Å²) in [5.41, 5.74) is 0.672. The lowest BCUT2D eigenvalue weighted by Gasteiger charge is -2.08. The minimum absolute atomic E-state index is 0.0149. The van der Waals surface area contributed by atoms with Crippen LogP contribution < -0.4 is 10.6 Å². The summed E-state index contributed by atoms with van der Waals surface area (Å²) in [6.45, 7) is 5.00. The van der Waals surface area contributed by atoms with Crippen molar-refractivity contribution < 1.29 is 4.79 Å². The fraction of sp³-hybridized carbons (Fsp3) is 0.462. The lowest BCUT2D eigenvalue weighted by atomic mass is 10.2. The van der Waals surface area contributed by atoms with Gasteiger partial charge in [0.1, 0.15) is 0 Å². The first-order valence-corrected chi connectivity index (χ1v) is 6.73. The van der Waals surface area contributed by atoms with Gasteiger partial charge in [0.2, 0.25) is 5.91 Å². The van der Waals surface area contributed by atoms with Crippen LogP contribution in [0.3, 0.4) is 0 Å². The Bertz CT molecular complexity index is 408. The first-order valence-electron chi connectivity index (χ1n) is 5.97. The molecule has 0 saturated carbocycles. The summed E-state index contributed by atoms with van der Waals surface area (Å²) in [5.74, 6) is -0.0149. The molecule has 0 atom stereocenters. The zero-order chi connectivity index (χ0) is 13.5. The fourth-order valence-corrected chi connectivity index (χ4v) is 1.74. The molecule has 0 spiro atoms. The molecule has 0 unspecified atom stereocenters. The zero-order valence-corrected chi connectivity index (χ0v) is 12.1. The van der Waals surface area contributed by atoms with E-state index in [1.165, 1.54) is 0 Å². The quantitative estimate of drug-likeness (QED) is 0.784. The highest BCUT2D eigenvalue weighted by atomic mass is 35.5. The Labute approximate surface area is 118 Å². The number of anilines is 1. The predicted octanol–water partition coefficient (Wildman–Crippen LogP) is 3.71. The lowest BCUT2D eigenvalue weighted by molar-refractivity contribution is -0.116. The Hall–Kier alpha value is -0.770. The Kier molecular flexibility index (Phi) is 6.47. The predicted molar refractivity (Wildman–Crippen MR) is 77.5 cm³/mol. The number of amides is 1. The smallest absolute Gasteiger partial charge is 0.224 e. The number of hydrogen-bond donors (Lipinski definition) is 2. The highest BCUT2D eigenvalue weighted by Crippen LogP contribution is 2.25. The van der Waals surface area contributed by atoms with Crippen molar-refractivity contribution in [3.05, 3.63) is 28.2 Å². The van der Waals surface area contributed by atoms with Gasteiger partial charge >= 0.3 is 0 Å². The van der Waals surface area contributed by atoms with Gasteiger partial charge in [0, 0.05) is 18.2 Å². The maximum Gasteiger partial charge on any atom is 0.224 e. The number of hydrogen-bond acceptors (Lipinski definition) is 2. The second-order valence-electron chi connectivity index (χ2n) is 4.39. The molecular formula is C13H18Cl2N2O. The van der Waals surface area contributed by atoms with Crippen LogP contribution in [0.1, 0.15) is 26.7 Å². The van der Waals surface area contributed by atoms with Gasteiger partial charge in [-0.1, -0.05) is 37.0 Å². The first-order chi connectivity index (χ1) is 8.49. The van der Waals surface area contributed by atoms with Gasteiger partial charge in [0.05, 0.1) is 10.0 Å². The van der Waals surface area contributed by atoms with E-state index < -0.39 is 0 Å². The van der Waals surface area contributed by atoms with E-state index in [1.54, 1.807) is 18.2 Å². The SMILES string of the molecule is CC(C)NCCCC(=O)Nc1ccc(Cl)c(Cl)c1. The largest absolute Gasteiger partial charge is 0.326 e. The molecule has 0 heterocycles. The maximum absolute atomic E-state index is 11.6. The van der Waals surface area contributed by atoms with E-state index in [0.29, 0.717) is 28.2 Å². The molecule has 100 valence electrons. The van der Waals surface area contributed by atoms with E-state index in [1.807, 2.05) is 0 Å². The molecule has 0 aliphatic carbocycles.